The molecule has 1 atom stereocenters. The van der Waals surface area contributed by atoms with Crippen molar-refractivity contribution in [1.29, 1.82) is 0 Å². The molecule has 2 N–H and O–H groups in total. The van der Waals surface area contributed by atoms with Crippen LogP contribution >= 0.6 is 0 Å². The molecule has 0 aromatic carbocycles. The minimum atomic E-state index is -0.388. The van der Waals surface area contributed by atoms with Gasteiger partial charge in [-0.3, -0.25) is 0 Å². The van der Waals surface area contributed by atoms with E-state index in [1.165, 1.54) is 12.8 Å². The molecule has 5 heteroatoms. The summed E-state index contributed by atoms with van der Waals surface area (Å²) in [6, 6.07) is 0. The van der Waals surface area contributed by atoms with E-state index in [0.29, 0.717) is 5.92 Å². The number of nitrogens with two attached hydrogens (primary N) is 1. The molecule has 0 bridgehead atoms. The molecule has 0 spiro atoms. The first-order valence-electron chi connectivity index (χ1n) is 7.06. The van der Waals surface area contributed by atoms with Gasteiger partial charge in [0.1, 0.15) is 0 Å². The molecule has 100 valence electrons. The van der Waals surface area contributed by atoms with E-state index in [0.717, 1.165) is 50.6 Å². The molecule has 1 saturated heterocycles. The summed E-state index contributed by atoms with van der Waals surface area (Å²) in [5, 5.41) is 4.14. The Bertz CT molecular complexity index is 415. The van der Waals surface area contributed by atoms with Crippen LogP contribution in [0.25, 0.3) is 0 Å². The van der Waals surface area contributed by atoms with Crippen LogP contribution in [0, 0.1) is 0 Å². The highest BCUT2D eigenvalue weighted by Crippen LogP contribution is 2.40. The zero-order valence-corrected chi connectivity index (χ0v) is 11.1. The average molecular weight is 250 g/mol. The minimum absolute atomic E-state index is 0.388. The normalized spacial score (nSPS) is 30.3. The lowest BCUT2D eigenvalue weighted by Gasteiger charge is -2.24. The summed E-state index contributed by atoms with van der Waals surface area (Å²) in [5.74, 6) is 2.03. The van der Waals surface area contributed by atoms with Gasteiger partial charge in [-0.2, -0.15) is 4.98 Å². The van der Waals surface area contributed by atoms with E-state index in [9.17, 15) is 0 Å². The van der Waals surface area contributed by atoms with E-state index in [1.807, 2.05) is 0 Å². The maximum atomic E-state index is 6.52. The van der Waals surface area contributed by atoms with E-state index in [-0.39, 0.29) is 5.54 Å². The first-order valence-corrected chi connectivity index (χ1v) is 7.06. The van der Waals surface area contributed by atoms with Crippen molar-refractivity contribution in [3.8, 4) is 0 Å². The summed E-state index contributed by atoms with van der Waals surface area (Å²) < 4.78 is 5.35. The fourth-order valence-electron chi connectivity index (χ4n) is 2.69. The van der Waals surface area contributed by atoms with Crippen LogP contribution in [0.15, 0.2) is 4.52 Å². The zero-order valence-electron chi connectivity index (χ0n) is 11.1. The van der Waals surface area contributed by atoms with Crippen LogP contribution < -0.4 is 5.73 Å². The third kappa shape index (κ3) is 2.29. The van der Waals surface area contributed by atoms with Gasteiger partial charge in [-0.15, -0.1) is 0 Å². The zero-order chi connectivity index (χ0) is 12.6. The lowest BCUT2D eigenvalue weighted by molar-refractivity contribution is 0.282. The number of hydrogen-bond acceptors (Lipinski definition) is 5. The third-order valence-electron chi connectivity index (χ3n) is 4.23. The van der Waals surface area contributed by atoms with E-state index in [1.54, 1.807) is 0 Å². The monoisotopic (exact) mass is 250 g/mol. The number of aromatic nitrogens is 2. The van der Waals surface area contributed by atoms with Crippen LogP contribution in [0.4, 0.5) is 0 Å². The summed E-state index contributed by atoms with van der Waals surface area (Å²) in [6.07, 6.45) is 5.35. The number of rotatable bonds is 3. The summed E-state index contributed by atoms with van der Waals surface area (Å²) in [5.41, 5.74) is 6.13. The van der Waals surface area contributed by atoms with Crippen molar-refractivity contribution in [2.75, 3.05) is 19.6 Å². The SMILES string of the molecule is CCN1CCCC(N)(c2noc(C3CC3)n2)CC1. The molecule has 1 aliphatic carbocycles. The molecule has 0 radical (unpaired) electrons. The second kappa shape index (κ2) is 4.63. The molecule has 5 nitrogen and oxygen atoms in total. The van der Waals surface area contributed by atoms with Crippen molar-refractivity contribution in [3.05, 3.63) is 11.7 Å². The van der Waals surface area contributed by atoms with Crippen LogP contribution in [0.2, 0.25) is 0 Å². The highest BCUT2D eigenvalue weighted by Gasteiger charge is 2.37. The maximum absolute atomic E-state index is 6.52. The lowest BCUT2D eigenvalue weighted by atomic mass is 9.91. The van der Waals surface area contributed by atoms with Crippen LogP contribution in [-0.2, 0) is 5.54 Å². The molecule has 1 unspecified atom stereocenters. The van der Waals surface area contributed by atoms with Gasteiger partial charge in [-0.1, -0.05) is 12.1 Å². The molecule has 1 aromatic rings. The second-order valence-electron chi connectivity index (χ2n) is 5.67. The van der Waals surface area contributed by atoms with E-state index in [4.69, 9.17) is 10.3 Å². The largest absolute Gasteiger partial charge is 0.339 e. The van der Waals surface area contributed by atoms with Crippen LogP contribution in [-0.4, -0.2) is 34.7 Å². The van der Waals surface area contributed by atoms with Gasteiger partial charge in [0.25, 0.3) is 0 Å². The second-order valence-corrected chi connectivity index (χ2v) is 5.67. The number of likely N-dealkylation sites (tertiary alicyclic amines) is 1. The summed E-state index contributed by atoms with van der Waals surface area (Å²) in [4.78, 5) is 6.98. The van der Waals surface area contributed by atoms with Crippen LogP contribution in [0.3, 0.4) is 0 Å². The number of nitrogens with zero attached hydrogens (tertiary/aromatic N) is 3. The number of hydrogen-bond donors (Lipinski definition) is 1. The van der Waals surface area contributed by atoms with Gasteiger partial charge in [0.05, 0.1) is 5.54 Å². The Hall–Kier alpha value is -0.940. The molecule has 1 saturated carbocycles. The molecule has 1 aromatic heterocycles. The molecule has 0 amide bonds. The predicted molar refractivity (Wildman–Crippen MR) is 68.1 cm³/mol. The van der Waals surface area contributed by atoms with Gasteiger partial charge in [-0.25, -0.2) is 0 Å². The van der Waals surface area contributed by atoms with E-state index >= 15 is 0 Å². The average Bonchev–Trinajstić information content (AvgIpc) is 3.14. The first-order chi connectivity index (χ1) is 8.71. The van der Waals surface area contributed by atoms with Crippen molar-refractivity contribution < 1.29 is 4.52 Å². The fourth-order valence-corrected chi connectivity index (χ4v) is 2.69. The molecule has 18 heavy (non-hydrogen) atoms. The highest BCUT2D eigenvalue weighted by atomic mass is 16.5. The van der Waals surface area contributed by atoms with Crippen molar-refractivity contribution >= 4 is 0 Å². The molecule has 2 aliphatic rings. The van der Waals surface area contributed by atoms with Gasteiger partial charge >= 0.3 is 0 Å². The summed E-state index contributed by atoms with van der Waals surface area (Å²) >= 11 is 0. The highest BCUT2D eigenvalue weighted by molar-refractivity contribution is 5.09. The van der Waals surface area contributed by atoms with Gasteiger partial charge < -0.3 is 15.2 Å². The topological polar surface area (TPSA) is 68.2 Å². The standard InChI is InChI=1S/C13H22N4O/c1-2-17-8-3-6-13(14,7-9-17)12-15-11(18-16-12)10-4-5-10/h10H,2-9,14H2,1H3. The van der Waals surface area contributed by atoms with Crippen molar-refractivity contribution in [2.45, 2.75) is 50.5 Å². The van der Waals surface area contributed by atoms with Gasteiger partial charge in [0, 0.05) is 12.5 Å². The maximum Gasteiger partial charge on any atom is 0.229 e. The molecule has 2 heterocycles. The Kier molecular flexibility index (Phi) is 3.11. The summed E-state index contributed by atoms with van der Waals surface area (Å²) in [6.45, 7) is 5.45. The van der Waals surface area contributed by atoms with Gasteiger partial charge in [0.2, 0.25) is 5.89 Å². The first kappa shape index (κ1) is 12.1. The summed E-state index contributed by atoms with van der Waals surface area (Å²) in [7, 11) is 0. The fraction of sp³-hybridized carbons (Fsp3) is 0.846. The Morgan fingerprint density at radius 3 is 2.94 bits per heavy atom. The lowest BCUT2D eigenvalue weighted by Crippen LogP contribution is -2.39. The Morgan fingerprint density at radius 2 is 2.22 bits per heavy atom. The molecule has 1 aliphatic heterocycles. The molecule has 3 rings (SSSR count). The van der Waals surface area contributed by atoms with Crippen molar-refractivity contribution in [1.82, 2.24) is 15.0 Å². The van der Waals surface area contributed by atoms with Crippen molar-refractivity contribution in [3.63, 3.8) is 0 Å². The minimum Gasteiger partial charge on any atom is -0.339 e. The van der Waals surface area contributed by atoms with E-state index < -0.39 is 0 Å². The third-order valence-corrected chi connectivity index (χ3v) is 4.23. The van der Waals surface area contributed by atoms with E-state index in [2.05, 4.69) is 22.0 Å². The Morgan fingerprint density at radius 1 is 1.39 bits per heavy atom. The van der Waals surface area contributed by atoms with Crippen LogP contribution in [0.5, 0.6) is 0 Å². The van der Waals surface area contributed by atoms with Crippen molar-refractivity contribution in [2.24, 2.45) is 5.73 Å². The quantitative estimate of drug-likeness (QED) is 0.882. The predicted octanol–water partition coefficient (Wildman–Crippen LogP) is 1.61. The molecule has 2 fully saturated rings. The van der Waals surface area contributed by atoms with Gasteiger partial charge in [-0.05, 0) is 45.2 Å². The molecular formula is C13H22N4O. The van der Waals surface area contributed by atoms with Crippen LogP contribution in [0.1, 0.15) is 56.7 Å². The smallest absolute Gasteiger partial charge is 0.229 e. The Balaban J connectivity index is 1.75. The molecular weight excluding hydrogens is 228 g/mol. The van der Waals surface area contributed by atoms with Gasteiger partial charge in [0.15, 0.2) is 5.82 Å². The Labute approximate surface area is 108 Å².